The number of anilines is 2. The molecule has 0 aliphatic heterocycles. The van der Waals surface area contributed by atoms with Crippen molar-refractivity contribution in [2.24, 2.45) is 0 Å². The zero-order chi connectivity index (χ0) is 31.8. The highest BCUT2D eigenvalue weighted by atomic mass is 19.4. The Bertz CT molecular complexity index is 1700. The van der Waals surface area contributed by atoms with Gasteiger partial charge in [0.2, 0.25) is 0 Å². The molecule has 0 saturated carbocycles. The molecule has 0 radical (unpaired) electrons. The van der Waals surface area contributed by atoms with Gasteiger partial charge in [-0.25, -0.2) is 14.5 Å². The summed E-state index contributed by atoms with van der Waals surface area (Å²) in [6.45, 7) is 4.45. The number of nitrogens with one attached hydrogen (secondary N) is 2. The lowest BCUT2D eigenvalue weighted by molar-refractivity contribution is -0.274. The van der Waals surface area contributed by atoms with Gasteiger partial charge < -0.3 is 15.4 Å². The first kappa shape index (κ1) is 31.3. The van der Waals surface area contributed by atoms with Crippen molar-refractivity contribution in [1.82, 2.24) is 14.8 Å². The van der Waals surface area contributed by atoms with Gasteiger partial charge in [-0.1, -0.05) is 69.5 Å². The second-order valence-corrected chi connectivity index (χ2v) is 10.8. The molecular weight excluding hydrogens is 579 g/mol. The van der Waals surface area contributed by atoms with Gasteiger partial charge in [0.15, 0.2) is 5.82 Å². The largest absolute Gasteiger partial charge is 0.573 e. The number of ether oxygens (including phenoxy) is 1. The summed E-state index contributed by atoms with van der Waals surface area (Å²) in [6.07, 6.45) is 1.43. The number of unbranched alkanes of at least 4 members (excludes halogenated alkanes) is 2. The minimum absolute atomic E-state index is 0.320. The van der Waals surface area contributed by atoms with E-state index in [4.69, 9.17) is 0 Å². The van der Waals surface area contributed by atoms with Crippen LogP contribution in [0.1, 0.15) is 51.0 Å². The second kappa shape index (κ2) is 14.1. The molecule has 1 aromatic heterocycles. The molecule has 7 nitrogen and oxygen atoms in total. The Morgan fingerprint density at radius 2 is 1.62 bits per heavy atom. The molecule has 4 aromatic carbocycles. The number of alkyl halides is 3. The molecule has 5 aromatic rings. The number of rotatable bonds is 11. The molecule has 0 spiro atoms. The summed E-state index contributed by atoms with van der Waals surface area (Å²) in [4.78, 5) is 17.4. The van der Waals surface area contributed by atoms with Gasteiger partial charge in [-0.2, -0.15) is 0 Å². The fraction of sp³-hybridized carbons (Fsp3) is 0.229. The second-order valence-electron chi connectivity index (χ2n) is 10.8. The molecule has 45 heavy (non-hydrogen) atoms. The third kappa shape index (κ3) is 8.50. The van der Waals surface area contributed by atoms with Gasteiger partial charge in [-0.05, 0) is 84.1 Å². The van der Waals surface area contributed by atoms with Gasteiger partial charge in [0.1, 0.15) is 12.1 Å². The van der Waals surface area contributed by atoms with E-state index in [-0.39, 0.29) is 11.8 Å². The zero-order valence-corrected chi connectivity index (χ0v) is 25.0. The van der Waals surface area contributed by atoms with Crippen molar-refractivity contribution in [3.05, 3.63) is 109 Å². The van der Waals surface area contributed by atoms with Crippen LogP contribution in [-0.2, 0) is 0 Å². The highest BCUT2D eigenvalue weighted by Crippen LogP contribution is 2.33. The first-order valence-corrected chi connectivity index (χ1v) is 14.8. The van der Waals surface area contributed by atoms with Crippen LogP contribution in [0, 0.1) is 0 Å². The van der Waals surface area contributed by atoms with E-state index < -0.39 is 6.36 Å². The average Bonchev–Trinajstić information content (AvgIpc) is 3.52. The van der Waals surface area contributed by atoms with Crippen LogP contribution in [0.25, 0.3) is 28.2 Å². The van der Waals surface area contributed by atoms with Crippen molar-refractivity contribution in [2.75, 3.05) is 10.6 Å². The number of aromatic nitrogens is 3. The smallest absolute Gasteiger partial charge is 0.406 e. The van der Waals surface area contributed by atoms with Crippen LogP contribution in [-0.4, -0.2) is 27.2 Å². The molecule has 1 unspecified atom stereocenters. The first-order chi connectivity index (χ1) is 21.7. The maximum Gasteiger partial charge on any atom is 0.573 e. The summed E-state index contributed by atoms with van der Waals surface area (Å²) in [7, 11) is 0. The highest BCUT2D eigenvalue weighted by molar-refractivity contribution is 6.02. The lowest BCUT2D eigenvalue weighted by atomic mass is 9.91. The van der Waals surface area contributed by atoms with Crippen LogP contribution < -0.4 is 15.4 Å². The average molecular weight is 614 g/mol. The van der Waals surface area contributed by atoms with Crippen molar-refractivity contribution in [3.8, 4) is 34.0 Å². The third-order valence-corrected chi connectivity index (χ3v) is 7.41. The Labute approximate surface area is 260 Å². The monoisotopic (exact) mass is 613 g/mol. The molecule has 0 saturated heterocycles. The Morgan fingerprint density at radius 3 is 2.31 bits per heavy atom. The van der Waals surface area contributed by atoms with Gasteiger partial charge in [-0.15, -0.1) is 18.3 Å². The Kier molecular flexibility index (Phi) is 9.82. The normalized spacial score (nSPS) is 12.0. The number of urea groups is 1. The topological polar surface area (TPSA) is 81.1 Å². The Morgan fingerprint density at radius 1 is 0.889 bits per heavy atom. The van der Waals surface area contributed by atoms with E-state index >= 15 is 0 Å². The van der Waals surface area contributed by atoms with E-state index in [2.05, 4.69) is 51.4 Å². The van der Waals surface area contributed by atoms with Crippen molar-refractivity contribution in [1.29, 1.82) is 0 Å². The number of halogens is 3. The quantitative estimate of drug-likeness (QED) is 0.145. The van der Waals surface area contributed by atoms with Crippen molar-refractivity contribution >= 4 is 17.4 Å². The minimum atomic E-state index is -4.76. The van der Waals surface area contributed by atoms with Gasteiger partial charge in [-0.3, -0.25) is 0 Å². The van der Waals surface area contributed by atoms with Crippen molar-refractivity contribution in [2.45, 2.75) is 51.8 Å². The molecule has 0 aliphatic carbocycles. The van der Waals surface area contributed by atoms with Gasteiger partial charge in [0.25, 0.3) is 0 Å². The number of nitrogens with zero attached hydrogens (tertiary/aromatic N) is 3. The fourth-order valence-electron chi connectivity index (χ4n) is 5.01. The number of hydrogen-bond donors (Lipinski definition) is 2. The van der Waals surface area contributed by atoms with Crippen LogP contribution >= 0.6 is 0 Å². The predicted octanol–water partition coefficient (Wildman–Crippen LogP) is 9.83. The minimum Gasteiger partial charge on any atom is -0.406 e. The molecular formula is C35H34F3N5O2. The molecule has 10 heteroatoms. The van der Waals surface area contributed by atoms with Crippen LogP contribution in [0.4, 0.5) is 29.3 Å². The molecule has 1 atom stereocenters. The zero-order valence-electron chi connectivity index (χ0n) is 25.0. The number of benzene rings is 4. The molecule has 5 rings (SSSR count). The fourth-order valence-corrected chi connectivity index (χ4v) is 5.01. The molecule has 1 heterocycles. The van der Waals surface area contributed by atoms with E-state index in [0.717, 1.165) is 17.5 Å². The van der Waals surface area contributed by atoms with Crippen LogP contribution in [0.2, 0.25) is 0 Å². The van der Waals surface area contributed by atoms with Crippen LogP contribution in [0.3, 0.4) is 0 Å². The summed E-state index contributed by atoms with van der Waals surface area (Å²) >= 11 is 0. The summed E-state index contributed by atoms with van der Waals surface area (Å²) in [6, 6.07) is 28.3. The van der Waals surface area contributed by atoms with E-state index in [1.807, 2.05) is 36.4 Å². The summed E-state index contributed by atoms with van der Waals surface area (Å²) in [5.74, 6) is 0.511. The first-order valence-electron chi connectivity index (χ1n) is 14.8. The Balaban J connectivity index is 1.25. The van der Waals surface area contributed by atoms with E-state index in [1.165, 1.54) is 60.1 Å². The van der Waals surface area contributed by atoms with Crippen molar-refractivity contribution in [3.63, 3.8) is 0 Å². The predicted molar refractivity (Wildman–Crippen MR) is 171 cm³/mol. The molecule has 232 valence electrons. The molecule has 0 aliphatic rings. The summed E-state index contributed by atoms with van der Waals surface area (Å²) in [5.41, 5.74) is 5.75. The molecule has 0 bridgehead atoms. The van der Waals surface area contributed by atoms with Crippen LogP contribution in [0.5, 0.6) is 5.75 Å². The van der Waals surface area contributed by atoms with E-state index in [9.17, 15) is 18.0 Å². The van der Waals surface area contributed by atoms with Gasteiger partial charge >= 0.3 is 12.4 Å². The van der Waals surface area contributed by atoms with Crippen LogP contribution in [0.15, 0.2) is 103 Å². The molecule has 0 fully saturated rings. The maximum atomic E-state index is 13.1. The lowest BCUT2D eigenvalue weighted by Gasteiger charge is -2.17. The number of amides is 2. The summed E-state index contributed by atoms with van der Waals surface area (Å²) < 4.78 is 42.7. The van der Waals surface area contributed by atoms with E-state index in [0.29, 0.717) is 34.4 Å². The lowest BCUT2D eigenvalue weighted by Crippen LogP contribution is -2.20. The standard InChI is InChI=1S/C35H34F3N5O2/c1-3-4-6-9-24(2)27-14-21-32(31(22-27)25-10-7-5-8-11-25)41-34(44)40-28-15-12-26(13-16-28)33-39-23-43(42-33)29-17-19-30(20-18-29)45-35(36,37)38/h5,7-8,10-24H,3-4,6,9H2,1-2H3,(H2,40,41,44). The highest BCUT2D eigenvalue weighted by Gasteiger charge is 2.31. The number of carbonyl (C=O) groups is 1. The number of carbonyl (C=O) groups excluding carboxylic acids is 1. The summed E-state index contributed by atoms with van der Waals surface area (Å²) in [5, 5.41) is 10.3. The third-order valence-electron chi connectivity index (χ3n) is 7.41. The van der Waals surface area contributed by atoms with Gasteiger partial charge in [0.05, 0.1) is 11.4 Å². The molecule has 2 amide bonds. The molecule has 2 N–H and O–H groups in total. The number of hydrogen-bond acceptors (Lipinski definition) is 4. The van der Waals surface area contributed by atoms with Gasteiger partial charge in [0, 0.05) is 16.8 Å². The SMILES string of the molecule is CCCCCC(C)c1ccc(NC(=O)Nc2ccc(-c3ncn(-c4ccc(OC(F)(F)F)cc4)n3)cc2)c(-c2ccccc2)c1. The van der Waals surface area contributed by atoms with Crippen molar-refractivity contribution < 1.29 is 22.7 Å². The maximum absolute atomic E-state index is 13.1. The van der Waals surface area contributed by atoms with E-state index in [1.54, 1.807) is 24.3 Å². The Hall–Kier alpha value is -5.12.